The zero-order chi connectivity index (χ0) is 17.1. The smallest absolute Gasteiger partial charge is 0.147 e. The van der Waals surface area contributed by atoms with Crippen LogP contribution in [0.1, 0.15) is 11.1 Å². The quantitative estimate of drug-likeness (QED) is 0.345. The van der Waals surface area contributed by atoms with Crippen molar-refractivity contribution in [3.63, 3.8) is 0 Å². The first-order chi connectivity index (χ1) is 11.6. The number of nitriles is 1. The van der Waals surface area contributed by atoms with Crippen molar-refractivity contribution in [1.82, 2.24) is 0 Å². The summed E-state index contributed by atoms with van der Waals surface area (Å²) in [7, 11) is 1.62. The second-order valence-corrected chi connectivity index (χ2v) is 6.96. The summed E-state index contributed by atoms with van der Waals surface area (Å²) >= 11 is 6.98. The van der Waals surface area contributed by atoms with Gasteiger partial charge in [0.25, 0.3) is 0 Å². The van der Waals surface area contributed by atoms with Crippen molar-refractivity contribution in [2.75, 3.05) is 7.11 Å². The molecular weight excluding hydrogens is 430 g/mol. The van der Waals surface area contributed by atoms with Crippen molar-refractivity contribution in [3.8, 4) is 11.8 Å². The van der Waals surface area contributed by atoms with E-state index in [0.29, 0.717) is 5.57 Å². The van der Waals surface area contributed by atoms with Gasteiger partial charge in [0.05, 0.1) is 27.7 Å². The van der Waals surface area contributed by atoms with Crippen molar-refractivity contribution in [2.24, 2.45) is 0 Å². The van der Waals surface area contributed by atoms with Crippen LogP contribution in [0.3, 0.4) is 0 Å². The molecule has 0 amide bonds. The molecule has 24 heavy (non-hydrogen) atoms. The van der Waals surface area contributed by atoms with Crippen LogP contribution in [0.25, 0.3) is 22.4 Å². The van der Waals surface area contributed by atoms with E-state index in [4.69, 9.17) is 4.74 Å². The minimum absolute atomic E-state index is 0.615. The van der Waals surface area contributed by atoms with Crippen molar-refractivity contribution in [3.05, 3.63) is 74.7 Å². The summed E-state index contributed by atoms with van der Waals surface area (Å²) in [6.45, 7) is 0. The minimum Gasteiger partial charge on any atom is -0.494 e. The fourth-order valence-electron chi connectivity index (χ4n) is 2.56. The zero-order valence-corrected chi connectivity index (χ0v) is 16.1. The number of methoxy groups -OCH3 is 1. The van der Waals surface area contributed by atoms with Crippen molar-refractivity contribution in [2.45, 2.75) is 0 Å². The average molecular weight is 443 g/mol. The Hall–Kier alpha value is -2.09. The lowest BCUT2D eigenvalue weighted by molar-refractivity contribution is 0.409. The summed E-state index contributed by atoms with van der Waals surface area (Å²) in [5, 5.41) is 11.9. The predicted octanol–water partition coefficient (Wildman–Crippen LogP) is 6.44. The van der Waals surface area contributed by atoms with E-state index in [0.717, 1.165) is 36.6 Å². The van der Waals surface area contributed by atoms with Crippen LogP contribution in [0.4, 0.5) is 0 Å². The van der Waals surface area contributed by atoms with Gasteiger partial charge in [0.1, 0.15) is 5.75 Å². The maximum Gasteiger partial charge on any atom is 0.147 e. The van der Waals surface area contributed by atoms with E-state index in [1.165, 1.54) is 0 Å². The van der Waals surface area contributed by atoms with Crippen molar-refractivity contribution < 1.29 is 4.74 Å². The van der Waals surface area contributed by atoms with Gasteiger partial charge in [-0.15, -0.1) is 0 Å². The molecule has 3 aromatic rings. The number of ether oxygens (including phenoxy) is 1. The summed E-state index contributed by atoms with van der Waals surface area (Å²) in [5.41, 5.74) is 2.43. The molecule has 0 spiro atoms. The van der Waals surface area contributed by atoms with Gasteiger partial charge in [-0.25, -0.2) is 0 Å². The minimum atomic E-state index is 0.615. The molecule has 4 heteroatoms. The molecule has 118 valence electrons. The van der Waals surface area contributed by atoms with E-state index in [-0.39, 0.29) is 0 Å². The molecule has 0 radical (unpaired) electrons. The normalized spacial score (nSPS) is 11.3. The number of benzene rings is 3. The Morgan fingerprint density at radius 1 is 1.00 bits per heavy atom. The van der Waals surface area contributed by atoms with Gasteiger partial charge in [-0.3, -0.25) is 0 Å². The van der Waals surface area contributed by atoms with Crippen molar-refractivity contribution >= 4 is 54.3 Å². The summed E-state index contributed by atoms with van der Waals surface area (Å²) in [4.78, 5) is 0. The van der Waals surface area contributed by atoms with Crippen LogP contribution in [0.2, 0.25) is 0 Å². The van der Waals surface area contributed by atoms with Gasteiger partial charge in [-0.2, -0.15) is 5.26 Å². The molecular formula is C20H13Br2NO. The molecule has 0 saturated carbocycles. The largest absolute Gasteiger partial charge is 0.494 e. The maximum absolute atomic E-state index is 9.59. The Kier molecular flexibility index (Phi) is 5.03. The zero-order valence-electron chi connectivity index (χ0n) is 12.9. The Morgan fingerprint density at radius 2 is 1.67 bits per heavy atom. The fourth-order valence-corrected chi connectivity index (χ4v) is 4.11. The third kappa shape index (κ3) is 3.38. The maximum atomic E-state index is 9.59. The van der Waals surface area contributed by atoms with Crippen LogP contribution < -0.4 is 4.74 Å². The molecule has 0 aliphatic rings. The van der Waals surface area contributed by atoms with Gasteiger partial charge in [-0.05, 0) is 78.0 Å². The molecule has 2 nitrogen and oxygen atoms in total. The summed E-state index contributed by atoms with van der Waals surface area (Å²) < 4.78 is 6.98. The van der Waals surface area contributed by atoms with Gasteiger partial charge in [0.2, 0.25) is 0 Å². The highest BCUT2D eigenvalue weighted by Crippen LogP contribution is 2.35. The molecule has 0 aliphatic carbocycles. The van der Waals surface area contributed by atoms with Crippen LogP contribution in [-0.2, 0) is 0 Å². The Bertz CT molecular complexity index is 963. The molecule has 0 heterocycles. The van der Waals surface area contributed by atoms with E-state index >= 15 is 0 Å². The molecule has 0 fully saturated rings. The number of allylic oxidation sites excluding steroid dienone is 1. The summed E-state index contributed by atoms with van der Waals surface area (Å²) in [6, 6.07) is 20.3. The standard InChI is InChI=1S/C20H13Br2NO/c1-24-20-18(21)9-13(10-19(20)22)8-17(12-23)16-7-6-14-4-2-3-5-15(14)11-16/h2-11H,1H3. The van der Waals surface area contributed by atoms with Crippen LogP contribution in [0.15, 0.2) is 63.5 Å². The van der Waals surface area contributed by atoms with Crippen LogP contribution in [0, 0.1) is 11.3 Å². The average Bonchev–Trinajstić information content (AvgIpc) is 2.59. The van der Waals surface area contributed by atoms with Gasteiger partial charge < -0.3 is 4.74 Å². The second-order valence-electron chi connectivity index (χ2n) is 5.25. The predicted molar refractivity (Wildman–Crippen MR) is 106 cm³/mol. The van der Waals surface area contributed by atoms with Crippen molar-refractivity contribution in [1.29, 1.82) is 5.26 Å². The fraction of sp³-hybridized carbons (Fsp3) is 0.0500. The van der Waals surface area contributed by atoms with Crippen LogP contribution in [-0.4, -0.2) is 7.11 Å². The molecule has 0 saturated heterocycles. The van der Waals surface area contributed by atoms with E-state index < -0.39 is 0 Å². The van der Waals surface area contributed by atoms with Crippen LogP contribution >= 0.6 is 31.9 Å². The highest BCUT2D eigenvalue weighted by molar-refractivity contribution is 9.11. The topological polar surface area (TPSA) is 33.0 Å². The third-order valence-electron chi connectivity index (χ3n) is 3.72. The molecule has 0 aromatic heterocycles. The number of nitrogens with zero attached hydrogens (tertiary/aromatic N) is 1. The first-order valence-corrected chi connectivity index (χ1v) is 8.85. The summed E-state index contributed by atoms with van der Waals surface area (Å²) in [5.74, 6) is 0.733. The molecule has 0 atom stereocenters. The number of hydrogen-bond donors (Lipinski definition) is 0. The van der Waals surface area contributed by atoms with Crippen LogP contribution in [0.5, 0.6) is 5.75 Å². The third-order valence-corrected chi connectivity index (χ3v) is 4.89. The highest BCUT2D eigenvalue weighted by atomic mass is 79.9. The van der Waals surface area contributed by atoms with Gasteiger partial charge >= 0.3 is 0 Å². The van der Waals surface area contributed by atoms with E-state index in [1.54, 1.807) is 7.11 Å². The van der Waals surface area contributed by atoms with E-state index in [1.807, 2.05) is 54.6 Å². The molecule has 3 aromatic carbocycles. The first-order valence-electron chi connectivity index (χ1n) is 7.26. The Balaban J connectivity index is 2.07. The van der Waals surface area contributed by atoms with E-state index in [9.17, 15) is 5.26 Å². The molecule has 0 unspecified atom stereocenters. The highest BCUT2D eigenvalue weighted by Gasteiger charge is 2.08. The number of rotatable bonds is 3. The second kappa shape index (κ2) is 7.21. The number of halogens is 2. The van der Waals surface area contributed by atoms with Gasteiger partial charge in [0.15, 0.2) is 0 Å². The van der Waals surface area contributed by atoms with Gasteiger partial charge in [-0.1, -0.05) is 36.4 Å². The van der Waals surface area contributed by atoms with E-state index in [2.05, 4.69) is 44.0 Å². The molecule has 0 aliphatic heterocycles. The molecule has 0 bridgehead atoms. The summed E-state index contributed by atoms with van der Waals surface area (Å²) in [6.07, 6.45) is 1.87. The lowest BCUT2D eigenvalue weighted by Gasteiger charge is -2.08. The Morgan fingerprint density at radius 3 is 2.29 bits per heavy atom. The number of hydrogen-bond acceptors (Lipinski definition) is 2. The first kappa shape index (κ1) is 16.8. The molecule has 0 N–H and O–H groups in total. The monoisotopic (exact) mass is 441 g/mol. The molecule has 3 rings (SSSR count). The lowest BCUT2D eigenvalue weighted by Crippen LogP contribution is -1.88. The SMILES string of the molecule is COc1c(Br)cc(C=C(C#N)c2ccc3ccccc3c2)cc1Br. The number of fused-ring (bicyclic) bond motifs is 1. The lowest BCUT2D eigenvalue weighted by atomic mass is 10.0. The Labute approximate surface area is 157 Å². The van der Waals surface area contributed by atoms with Gasteiger partial charge in [0, 0.05) is 0 Å².